The second kappa shape index (κ2) is 7.33. The van der Waals surface area contributed by atoms with E-state index in [9.17, 15) is 0 Å². The smallest absolute Gasteiger partial charge is 0.219 e. The maximum atomic E-state index is 6.27. The van der Waals surface area contributed by atoms with E-state index in [0.717, 1.165) is 69.2 Å². The van der Waals surface area contributed by atoms with Crippen molar-refractivity contribution < 1.29 is 9.47 Å². The Kier molecular flexibility index (Phi) is 5.20. The molecule has 0 amide bonds. The van der Waals surface area contributed by atoms with Crippen molar-refractivity contribution in [3.63, 3.8) is 0 Å². The van der Waals surface area contributed by atoms with Crippen molar-refractivity contribution in [3.8, 4) is 0 Å². The van der Waals surface area contributed by atoms with E-state index >= 15 is 0 Å². The van der Waals surface area contributed by atoms with Gasteiger partial charge in [0.25, 0.3) is 0 Å². The summed E-state index contributed by atoms with van der Waals surface area (Å²) in [6.07, 6.45) is 4.79. The lowest BCUT2D eigenvalue weighted by atomic mass is 10.1. The Morgan fingerprint density at radius 1 is 0.955 bits per heavy atom. The molecule has 0 radical (unpaired) electrons. The van der Waals surface area contributed by atoms with Crippen molar-refractivity contribution in [2.75, 3.05) is 39.9 Å². The molecule has 22 heavy (non-hydrogen) atoms. The topological polar surface area (TPSA) is 58.1 Å². The fourth-order valence-corrected chi connectivity index (χ4v) is 3.18. The number of ether oxygens (including phenoxy) is 2. The van der Waals surface area contributed by atoms with Gasteiger partial charge in [-0.1, -0.05) is 0 Å². The Hall–Kier alpha value is -1.27. The minimum atomic E-state index is 0.276. The maximum Gasteiger partial charge on any atom is 0.219 e. The molecule has 3 rings (SSSR count). The number of nitrogens with zero attached hydrogens (tertiary/aromatic N) is 2. The first-order chi connectivity index (χ1) is 10.7. The highest BCUT2D eigenvalue weighted by Crippen LogP contribution is 2.23. The van der Waals surface area contributed by atoms with E-state index in [1.807, 2.05) is 7.05 Å². The zero-order valence-corrected chi connectivity index (χ0v) is 13.7. The highest BCUT2D eigenvalue weighted by atomic mass is 16.5. The molecule has 3 heterocycles. The molecule has 0 spiro atoms. The SMILES string of the molecule is CC1=C(OC2CCNCC2)N(C)CN=C1OC1CCNCC1. The van der Waals surface area contributed by atoms with Crippen LogP contribution in [0.1, 0.15) is 32.6 Å². The first-order valence-electron chi connectivity index (χ1n) is 8.45. The number of hydrogen-bond donors (Lipinski definition) is 2. The van der Waals surface area contributed by atoms with Gasteiger partial charge in [0, 0.05) is 7.05 Å². The van der Waals surface area contributed by atoms with Crippen LogP contribution in [0.3, 0.4) is 0 Å². The number of rotatable bonds is 3. The van der Waals surface area contributed by atoms with Crippen LogP contribution in [0.25, 0.3) is 0 Å². The number of piperidine rings is 2. The Morgan fingerprint density at radius 3 is 2.09 bits per heavy atom. The summed E-state index contributed by atoms with van der Waals surface area (Å²) in [6.45, 7) is 6.79. The van der Waals surface area contributed by atoms with Crippen LogP contribution in [0, 0.1) is 0 Å². The standard InChI is InChI=1S/C16H28N4O2/c1-12-15(21-13-3-7-17-8-4-13)19-11-20(2)16(12)22-14-5-9-18-10-6-14/h13-14,17-18H,3-11H2,1-2H3. The third-order valence-corrected chi connectivity index (χ3v) is 4.54. The molecule has 0 aromatic heterocycles. The van der Waals surface area contributed by atoms with Crippen LogP contribution in [-0.4, -0.2) is 62.9 Å². The zero-order valence-electron chi connectivity index (χ0n) is 13.7. The Bertz CT molecular complexity index is 437. The summed E-state index contributed by atoms with van der Waals surface area (Å²) in [4.78, 5) is 6.65. The summed E-state index contributed by atoms with van der Waals surface area (Å²) in [7, 11) is 2.03. The third-order valence-electron chi connectivity index (χ3n) is 4.54. The van der Waals surface area contributed by atoms with Gasteiger partial charge in [-0.3, -0.25) is 0 Å². The van der Waals surface area contributed by atoms with Gasteiger partial charge >= 0.3 is 0 Å². The Morgan fingerprint density at radius 2 is 1.50 bits per heavy atom. The van der Waals surface area contributed by atoms with Gasteiger partial charge in [0.2, 0.25) is 5.90 Å². The lowest BCUT2D eigenvalue weighted by molar-refractivity contribution is 0.0360. The molecule has 6 nitrogen and oxygen atoms in total. The van der Waals surface area contributed by atoms with Gasteiger partial charge in [0.05, 0.1) is 5.57 Å². The Balaban J connectivity index is 1.65. The van der Waals surface area contributed by atoms with Crippen LogP contribution < -0.4 is 10.6 Å². The monoisotopic (exact) mass is 308 g/mol. The Labute approximate surface area is 132 Å². The third kappa shape index (κ3) is 3.73. The molecule has 3 aliphatic rings. The van der Waals surface area contributed by atoms with Crippen LogP contribution in [0.5, 0.6) is 0 Å². The summed E-state index contributed by atoms with van der Waals surface area (Å²) in [6, 6.07) is 0. The zero-order chi connectivity index (χ0) is 15.4. The molecule has 0 bridgehead atoms. The highest BCUT2D eigenvalue weighted by Gasteiger charge is 2.26. The molecule has 0 aromatic rings. The molecule has 0 aliphatic carbocycles. The minimum absolute atomic E-state index is 0.276. The van der Waals surface area contributed by atoms with E-state index in [4.69, 9.17) is 9.47 Å². The van der Waals surface area contributed by atoms with Crippen molar-refractivity contribution in [2.24, 2.45) is 4.99 Å². The van der Waals surface area contributed by atoms with Crippen molar-refractivity contribution in [2.45, 2.75) is 44.8 Å². The second-order valence-corrected chi connectivity index (χ2v) is 6.37. The molecule has 2 saturated heterocycles. The van der Waals surface area contributed by atoms with Gasteiger partial charge < -0.3 is 25.0 Å². The van der Waals surface area contributed by atoms with Crippen molar-refractivity contribution in [1.82, 2.24) is 15.5 Å². The van der Waals surface area contributed by atoms with Gasteiger partial charge in [-0.05, 0) is 58.8 Å². The summed E-state index contributed by atoms with van der Waals surface area (Å²) >= 11 is 0. The lowest BCUT2D eigenvalue weighted by Crippen LogP contribution is -2.38. The number of hydrogen-bond acceptors (Lipinski definition) is 6. The molecule has 0 aromatic carbocycles. The van der Waals surface area contributed by atoms with Gasteiger partial charge in [-0.25, -0.2) is 4.99 Å². The number of nitrogens with one attached hydrogen (secondary N) is 2. The average molecular weight is 308 g/mol. The summed E-state index contributed by atoms with van der Waals surface area (Å²) in [5.41, 5.74) is 1.03. The molecule has 0 unspecified atom stereocenters. The van der Waals surface area contributed by atoms with Crippen LogP contribution in [-0.2, 0) is 9.47 Å². The van der Waals surface area contributed by atoms with Crippen molar-refractivity contribution >= 4 is 5.90 Å². The van der Waals surface area contributed by atoms with Gasteiger partial charge in [-0.2, -0.15) is 0 Å². The van der Waals surface area contributed by atoms with Gasteiger partial charge in [-0.15, -0.1) is 0 Å². The summed E-state index contributed by atoms with van der Waals surface area (Å²) in [5, 5.41) is 6.74. The fraction of sp³-hybridized carbons (Fsp3) is 0.812. The maximum absolute atomic E-state index is 6.27. The molecule has 0 saturated carbocycles. The molecule has 6 heteroatoms. The molecule has 0 atom stereocenters. The van der Waals surface area contributed by atoms with Crippen LogP contribution in [0.4, 0.5) is 0 Å². The molecule has 3 aliphatic heterocycles. The van der Waals surface area contributed by atoms with Crippen LogP contribution in [0.15, 0.2) is 16.4 Å². The van der Waals surface area contributed by atoms with E-state index in [0.29, 0.717) is 12.8 Å². The van der Waals surface area contributed by atoms with Crippen LogP contribution >= 0.6 is 0 Å². The first kappa shape index (κ1) is 15.6. The number of aliphatic imine (C=N–C) groups is 1. The predicted octanol–water partition coefficient (Wildman–Crippen LogP) is 1.06. The van der Waals surface area contributed by atoms with E-state index in [-0.39, 0.29) is 6.10 Å². The van der Waals surface area contributed by atoms with Crippen molar-refractivity contribution in [3.05, 3.63) is 11.5 Å². The van der Waals surface area contributed by atoms with E-state index in [2.05, 4.69) is 27.4 Å². The molecular formula is C16H28N4O2. The lowest BCUT2D eigenvalue weighted by Gasteiger charge is -2.33. The largest absolute Gasteiger partial charge is 0.475 e. The molecule has 124 valence electrons. The fourth-order valence-electron chi connectivity index (χ4n) is 3.18. The van der Waals surface area contributed by atoms with Crippen LogP contribution in [0.2, 0.25) is 0 Å². The molecule has 2 fully saturated rings. The molecular weight excluding hydrogens is 280 g/mol. The first-order valence-corrected chi connectivity index (χ1v) is 8.45. The second-order valence-electron chi connectivity index (χ2n) is 6.37. The highest BCUT2D eigenvalue weighted by molar-refractivity contribution is 5.94. The quantitative estimate of drug-likeness (QED) is 0.816. The van der Waals surface area contributed by atoms with E-state index in [1.54, 1.807) is 0 Å². The van der Waals surface area contributed by atoms with Crippen molar-refractivity contribution in [1.29, 1.82) is 0 Å². The molecule has 2 N–H and O–H groups in total. The van der Waals surface area contributed by atoms with E-state index in [1.165, 1.54) is 0 Å². The summed E-state index contributed by atoms with van der Waals surface area (Å²) in [5.74, 6) is 1.71. The van der Waals surface area contributed by atoms with Gasteiger partial charge in [0.15, 0.2) is 5.88 Å². The van der Waals surface area contributed by atoms with Gasteiger partial charge in [0.1, 0.15) is 18.9 Å². The normalized spacial score (nSPS) is 25.2. The minimum Gasteiger partial charge on any atom is -0.475 e. The average Bonchev–Trinajstić information content (AvgIpc) is 2.56. The predicted molar refractivity (Wildman–Crippen MR) is 86.7 cm³/mol. The van der Waals surface area contributed by atoms with E-state index < -0.39 is 0 Å². The summed E-state index contributed by atoms with van der Waals surface area (Å²) < 4.78 is 12.4.